The van der Waals surface area contributed by atoms with E-state index in [1.165, 1.54) is 35.2 Å². The number of amides is 1. The first-order valence-electron chi connectivity index (χ1n) is 6.42. The lowest BCUT2D eigenvalue weighted by Crippen LogP contribution is -2.31. The molecule has 2 aromatic rings. The largest absolute Gasteiger partial charge is 0.484 e. The molecular weight excluding hydrogens is 276 g/mol. The van der Waals surface area contributed by atoms with Crippen molar-refractivity contribution in [3.05, 3.63) is 65.7 Å². The Kier molecular flexibility index (Phi) is 4.87. The third-order valence-electron chi connectivity index (χ3n) is 2.97. The lowest BCUT2D eigenvalue weighted by atomic mass is 10.2. The highest BCUT2D eigenvalue weighted by atomic mass is 19.1. The molecule has 0 unspecified atom stereocenters. The first-order valence-corrected chi connectivity index (χ1v) is 6.42. The number of halogens is 2. The SMILES string of the molecule is CN(Cc1ccccc1F)C(=O)COc1ccc(F)cc1. The van der Waals surface area contributed by atoms with Gasteiger partial charge >= 0.3 is 0 Å². The highest BCUT2D eigenvalue weighted by molar-refractivity contribution is 5.77. The molecule has 110 valence electrons. The minimum Gasteiger partial charge on any atom is -0.484 e. The van der Waals surface area contributed by atoms with Gasteiger partial charge in [-0.25, -0.2) is 8.78 Å². The van der Waals surface area contributed by atoms with Crippen LogP contribution in [0.3, 0.4) is 0 Å². The lowest BCUT2D eigenvalue weighted by Gasteiger charge is -2.18. The predicted molar refractivity (Wildman–Crippen MR) is 74.8 cm³/mol. The Hall–Kier alpha value is -2.43. The van der Waals surface area contributed by atoms with Gasteiger partial charge in [-0.3, -0.25) is 4.79 Å². The normalized spacial score (nSPS) is 10.2. The van der Waals surface area contributed by atoms with Gasteiger partial charge < -0.3 is 9.64 Å². The molecule has 0 fully saturated rings. The number of likely N-dealkylation sites (N-methyl/N-ethyl adjacent to an activating group) is 1. The fraction of sp³-hybridized carbons (Fsp3) is 0.188. The van der Waals surface area contributed by atoms with E-state index < -0.39 is 0 Å². The van der Waals surface area contributed by atoms with Gasteiger partial charge in [0.1, 0.15) is 17.4 Å². The molecule has 0 bridgehead atoms. The number of benzene rings is 2. The van der Waals surface area contributed by atoms with Gasteiger partial charge in [0, 0.05) is 19.2 Å². The van der Waals surface area contributed by atoms with Crippen molar-refractivity contribution in [2.75, 3.05) is 13.7 Å². The minimum absolute atomic E-state index is 0.165. The molecule has 2 rings (SSSR count). The third kappa shape index (κ3) is 4.27. The first-order chi connectivity index (χ1) is 10.1. The van der Waals surface area contributed by atoms with Crippen molar-refractivity contribution < 1.29 is 18.3 Å². The summed E-state index contributed by atoms with van der Waals surface area (Å²) in [5, 5.41) is 0. The fourth-order valence-electron chi connectivity index (χ4n) is 1.76. The summed E-state index contributed by atoms with van der Waals surface area (Å²) in [6.45, 7) is -0.0190. The van der Waals surface area contributed by atoms with E-state index in [4.69, 9.17) is 4.74 Å². The maximum atomic E-state index is 13.5. The van der Waals surface area contributed by atoms with Crippen LogP contribution in [0.2, 0.25) is 0 Å². The molecule has 0 spiro atoms. The smallest absolute Gasteiger partial charge is 0.260 e. The second-order valence-corrected chi connectivity index (χ2v) is 4.58. The van der Waals surface area contributed by atoms with Crippen molar-refractivity contribution in [2.24, 2.45) is 0 Å². The van der Waals surface area contributed by atoms with Crippen molar-refractivity contribution in [3.63, 3.8) is 0 Å². The van der Waals surface area contributed by atoms with Crippen LogP contribution in [0.4, 0.5) is 8.78 Å². The Balaban J connectivity index is 1.88. The Morgan fingerprint density at radius 1 is 1.10 bits per heavy atom. The van der Waals surface area contributed by atoms with Gasteiger partial charge in [-0.05, 0) is 30.3 Å². The zero-order valence-electron chi connectivity index (χ0n) is 11.6. The molecule has 0 aliphatic carbocycles. The zero-order chi connectivity index (χ0) is 15.2. The molecule has 0 heterocycles. The molecule has 2 aromatic carbocycles. The van der Waals surface area contributed by atoms with Crippen LogP contribution in [0.5, 0.6) is 5.75 Å². The van der Waals surface area contributed by atoms with E-state index in [0.29, 0.717) is 11.3 Å². The Morgan fingerprint density at radius 2 is 1.76 bits per heavy atom. The molecule has 0 atom stereocenters. The summed E-state index contributed by atoms with van der Waals surface area (Å²) in [4.78, 5) is 13.3. The Morgan fingerprint density at radius 3 is 2.43 bits per heavy atom. The van der Waals surface area contributed by atoms with Crippen LogP contribution in [0.15, 0.2) is 48.5 Å². The number of ether oxygens (including phenoxy) is 1. The number of hydrogen-bond acceptors (Lipinski definition) is 2. The van der Waals surface area contributed by atoms with Gasteiger partial charge in [-0.1, -0.05) is 18.2 Å². The quantitative estimate of drug-likeness (QED) is 0.847. The van der Waals surface area contributed by atoms with Crippen LogP contribution in [-0.4, -0.2) is 24.5 Å². The van der Waals surface area contributed by atoms with Crippen LogP contribution >= 0.6 is 0 Å². The summed E-state index contributed by atoms with van der Waals surface area (Å²) in [7, 11) is 1.57. The van der Waals surface area contributed by atoms with Gasteiger partial charge in [-0.2, -0.15) is 0 Å². The van der Waals surface area contributed by atoms with Crippen molar-refractivity contribution >= 4 is 5.91 Å². The first kappa shape index (κ1) is 15.0. The van der Waals surface area contributed by atoms with Crippen LogP contribution in [0.25, 0.3) is 0 Å². The number of rotatable bonds is 5. The van der Waals surface area contributed by atoms with Gasteiger partial charge in [-0.15, -0.1) is 0 Å². The Bertz CT molecular complexity index is 614. The average Bonchev–Trinajstić information content (AvgIpc) is 2.48. The van der Waals surface area contributed by atoms with E-state index in [1.54, 1.807) is 25.2 Å². The Labute approximate surface area is 121 Å². The molecular formula is C16H15F2NO2. The lowest BCUT2D eigenvalue weighted by molar-refractivity contribution is -0.132. The maximum Gasteiger partial charge on any atom is 0.260 e. The predicted octanol–water partition coefficient (Wildman–Crippen LogP) is 3.00. The van der Waals surface area contributed by atoms with Crippen molar-refractivity contribution in [3.8, 4) is 5.75 Å². The summed E-state index contributed by atoms with van der Waals surface area (Å²) >= 11 is 0. The topological polar surface area (TPSA) is 29.5 Å². The number of carbonyl (C=O) groups is 1. The average molecular weight is 291 g/mol. The molecule has 3 nitrogen and oxygen atoms in total. The van der Waals surface area contributed by atoms with Gasteiger partial charge in [0.2, 0.25) is 0 Å². The van der Waals surface area contributed by atoms with E-state index >= 15 is 0 Å². The standard InChI is InChI=1S/C16H15F2NO2/c1-19(10-12-4-2-3-5-15(12)18)16(20)11-21-14-8-6-13(17)7-9-14/h2-9H,10-11H2,1H3. The van der Waals surface area contributed by atoms with Crippen LogP contribution in [0.1, 0.15) is 5.56 Å². The molecule has 5 heteroatoms. The molecule has 0 aromatic heterocycles. The molecule has 0 radical (unpaired) electrons. The summed E-state index contributed by atoms with van der Waals surface area (Å²) < 4.78 is 31.5. The van der Waals surface area contributed by atoms with Gasteiger partial charge in [0.05, 0.1) is 0 Å². The van der Waals surface area contributed by atoms with E-state index in [9.17, 15) is 13.6 Å². The number of nitrogens with zero attached hydrogens (tertiary/aromatic N) is 1. The van der Waals surface area contributed by atoms with Crippen LogP contribution in [0, 0.1) is 11.6 Å². The van der Waals surface area contributed by atoms with Crippen molar-refractivity contribution in [1.82, 2.24) is 4.90 Å². The number of carbonyl (C=O) groups excluding carboxylic acids is 1. The third-order valence-corrected chi connectivity index (χ3v) is 2.97. The summed E-state index contributed by atoms with van der Waals surface area (Å²) in [6.07, 6.45) is 0. The molecule has 1 amide bonds. The maximum absolute atomic E-state index is 13.5. The molecule has 0 saturated heterocycles. The van der Waals surface area contributed by atoms with Crippen molar-refractivity contribution in [2.45, 2.75) is 6.54 Å². The second kappa shape index (κ2) is 6.83. The zero-order valence-corrected chi connectivity index (χ0v) is 11.6. The van der Waals surface area contributed by atoms with Gasteiger partial charge in [0.25, 0.3) is 5.91 Å². The molecule has 0 N–H and O–H groups in total. The molecule has 0 aliphatic rings. The van der Waals surface area contributed by atoms with E-state index in [1.807, 2.05) is 0 Å². The minimum atomic E-state index is -0.370. The van der Waals surface area contributed by atoms with E-state index in [2.05, 4.69) is 0 Å². The summed E-state index contributed by atoms with van der Waals surface area (Å²) in [5.41, 5.74) is 0.440. The van der Waals surface area contributed by atoms with Crippen LogP contribution < -0.4 is 4.74 Å². The van der Waals surface area contributed by atoms with Gasteiger partial charge in [0.15, 0.2) is 6.61 Å². The van der Waals surface area contributed by atoms with Crippen molar-refractivity contribution in [1.29, 1.82) is 0 Å². The fourth-order valence-corrected chi connectivity index (χ4v) is 1.76. The second-order valence-electron chi connectivity index (χ2n) is 4.58. The molecule has 0 saturated carbocycles. The van der Waals surface area contributed by atoms with Crippen LogP contribution in [-0.2, 0) is 11.3 Å². The molecule has 21 heavy (non-hydrogen) atoms. The summed E-state index contributed by atoms with van der Waals surface area (Å²) in [5.74, 6) is -0.603. The molecule has 0 aliphatic heterocycles. The summed E-state index contributed by atoms with van der Waals surface area (Å²) in [6, 6.07) is 11.7. The highest BCUT2D eigenvalue weighted by Gasteiger charge is 2.12. The van der Waals surface area contributed by atoms with E-state index in [-0.39, 0.29) is 30.7 Å². The monoisotopic (exact) mass is 291 g/mol. The van der Waals surface area contributed by atoms with E-state index in [0.717, 1.165) is 0 Å². The number of hydrogen-bond donors (Lipinski definition) is 0. The highest BCUT2D eigenvalue weighted by Crippen LogP contribution is 2.12.